The van der Waals surface area contributed by atoms with Crippen LogP contribution in [0.3, 0.4) is 0 Å². The summed E-state index contributed by atoms with van der Waals surface area (Å²) in [4.78, 5) is 0. The molecule has 0 amide bonds. The SMILES string of the molecule is CCc1ccc(-c2ccc3c(F)c(CC)c(OC(F)F)cc3c2)cc1. The van der Waals surface area contributed by atoms with E-state index in [1.54, 1.807) is 19.1 Å². The van der Waals surface area contributed by atoms with E-state index in [1.807, 2.05) is 30.3 Å². The molecule has 130 valence electrons. The third kappa shape index (κ3) is 3.48. The predicted molar refractivity (Wildman–Crippen MR) is 94.7 cm³/mol. The van der Waals surface area contributed by atoms with Gasteiger partial charge in [-0.25, -0.2) is 4.39 Å². The second-order valence-electron chi connectivity index (χ2n) is 5.89. The normalized spacial score (nSPS) is 11.3. The molecule has 0 aromatic heterocycles. The summed E-state index contributed by atoms with van der Waals surface area (Å²) in [6.45, 7) is 0.822. The highest BCUT2D eigenvalue weighted by Crippen LogP contribution is 2.34. The number of alkyl halides is 2. The Morgan fingerprint density at radius 1 is 0.880 bits per heavy atom. The zero-order valence-electron chi connectivity index (χ0n) is 14.2. The van der Waals surface area contributed by atoms with Crippen molar-refractivity contribution in [3.8, 4) is 16.9 Å². The van der Waals surface area contributed by atoms with E-state index < -0.39 is 12.4 Å². The number of fused-ring (bicyclic) bond motifs is 1. The number of rotatable bonds is 5. The summed E-state index contributed by atoms with van der Waals surface area (Å²) in [6.07, 6.45) is 1.24. The van der Waals surface area contributed by atoms with Crippen molar-refractivity contribution in [1.82, 2.24) is 0 Å². The molecule has 1 nitrogen and oxygen atoms in total. The van der Waals surface area contributed by atoms with Crippen LogP contribution in [0.25, 0.3) is 21.9 Å². The minimum Gasteiger partial charge on any atom is -0.434 e. The van der Waals surface area contributed by atoms with E-state index in [2.05, 4.69) is 11.7 Å². The molecule has 0 unspecified atom stereocenters. The lowest BCUT2D eigenvalue weighted by Gasteiger charge is -2.14. The Kier molecular flexibility index (Phi) is 4.98. The first-order valence-electron chi connectivity index (χ1n) is 8.32. The number of aryl methyl sites for hydroxylation is 1. The van der Waals surface area contributed by atoms with Crippen molar-refractivity contribution in [3.05, 3.63) is 65.5 Å². The van der Waals surface area contributed by atoms with Gasteiger partial charge in [-0.1, -0.05) is 50.2 Å². The second-order valence-corrected chi connectivity index (χ2v) is 5.89. The summed E-state index contributed by atoms with van der Waals surface area (Å²) < 4.78 is 44.5. The first kappa shape index (κ1) is 17.3. The highest BCUT2D eigenvalue weighted by atomic mass is 19.3. The van der Waals surface area contributed by atoms with Gasteiger partial charge in [0.2, 0.25) is 0 Å². The van der Waals surface area contributed by atoms with E-state index in [0.29, 0.717) is 10.8 Å². The van der Waals surface area contributed by atoms with Gasteiger partial charge in [0.05, 0.1) is 0 Å². The van der Waals surface area contributed by atoms with Crippen LogP contribution in [0.1, 0.15) is 25.0 Å². The van der Waals surface area contributed by atoms with Crippen LogP contribution in [0.2, 0.25) is 0 Å². The lowest BCUT2D eigenvalue weighted by molar-refractivity contribution is -0.0504. The highest BCUT2D eigenvalue weighted by Gasteiger charge is 2.16. The predicted octanol–water partition coefficient (Wildman–Crippen LogP) is 6.37. The Hall–Kier alpha value is -2.49. The van der Waals surface area contributed by atoms with Crippen molar-refractivity contribution in [2.24, 2.45) is 0 Å². The fraction of sp³-hybridized carbons (Fsp3) is 0.238. The van der Waals surface area contributed by atoms with Crippen molar-refractivity contribution >= 4 is 10.8 Å². The zero-order valence-corrected chi connectivity index (χ0v) is 14.2. The van der Waals surface area contributed by atoms with Gasteiger partial charge in [0.25, 0.3) is 0 Å². The molecule has 0 saturated carbocycles. The molecule has 0 aliphatic rings. The van der Waals surface area contributed by atoms with Crippen molar-refractivity contribution in [2.75, 3.05) is 0 Å². The number of ether oxygens (including phenoxy) is 1. The number of hydrogen-bond donors (Lipinski definition) is 0. The van der Waals surface area contributed by atoms with Crippen LogP contribution in [0, 0.1) is 5.82 Å². The average Bonchev–Trinajstić information content (AvgIpc) is 2.61. The van der Waals surface area contributed by atoms with Crippen LogP contribution in [0.5, 0.6) is 5.75 Å². The Morgan fingerprint density at radius 3 is 2.16 bits per heavy atom. The highest BCUT2D eigenvalue weighted by molar-refractivity contribution is 5.90. The lowest BCUT2D eigenvalue weighted by atomic mass is 9.97. The Labute approximate surface area is 145 Å². The molecule has 25 heavy (non-hydrogen) atoms. The van der Waals surface area contributed by atoms with E-state index in [0.717, 1.165) is 17.5 Å². The summed E-state index contributed by atoms with van der Waals surface area (Å²) in [7, 11) is 0. The molecule has 3 rings (SSSR count). The first-order chi connectivity index (χ1) is 12.0. The van der Waals surface area contributed by atoms with Crippen LogP contribution >= 0.6 is 0 Å². The standard InChI is InChI=1S/C21H19F3O/c1-3-13-5-7-14(8-6-13)15-9-10-18-16(11-15)12-19(25-21(23)24)17(4-2)20(18)22/h5-12,21H,3-4H2,1-2H3. The van der Waals surface area contributed by atoms with Crippen molar-refractivity contribution in [3.63, 3.8) is 0 Å². The van der Waals surface area contributed by atoms with Gasteiger partial charge in [-0.2, -0.15) is 8.78 Å². The molecular weight excluding hydrogens is 325 g/mol. The van der Waals surface area contributed by atoms with Gasteiger partial charge >= 0.3 is 6.61 Å². The van der Waals surface area contributed by atoms with Gasteiger partial charge < -0.3 is 4.74 Å². The van der Waals surface area contributed by atoms with E-state index in [4.69, 9.17) is 0 Å². The van der Waals surface area contributed by atoms with Crippen molar-refractivity contribution in [2.45, 2.75) is 33.3 Å². The first-order valence-corrected chi connectivity index (χ1v) is 8.32. The van der Waals surface area contributed by atoms with E-state index >= 15 is 0 Å². The molecule has 0 radical (unpaired) electrons. The number of hydrogen-bond acceptors (Lipinski definition) is 1. The van der Waals surface area contributed by atoms with Gasteiger partial charge in [0.15, 0.2) is 0 Å². The third-order valence-corrected chi connectivity index (χ3v) is 4.40. The van der Waals surface area contributed by atoms with E-state index in [-0.39, 0.29) is 17.7 Å². The quantitative estimate of drug-likeness (QED) is 0.522. The molecule has 0 spiro atoms. The minimum atomic E-state index is -2.98. The topological polar surface area (TPSA) is 9.23 Å². The molecule has 0 saturated heterocycles. The molecule has 4 heteroatoms. The van der Waals surface area contributed by atoms with Crippen LogP contribution in [-0.2, 0) is 12.8 Å². The minimum absolute atomic E-state index is 0.0963. The van der Waals surface area contributed by atoms with Gasteiger partial charge in [-0.3, -0.25) is 0 Å². The summed E-state index contributed by atoms with van der Waals surface area (Å²) in [5.41, 5.74) is 3.31. The Balaban J connectivity index is 2.12. The molecule has 0 aliphatic carbocycles. The van der Waals surface area contributed by atoms with E-state index in [1.165, 1.54) is 11.6 Å². The molecule has 3 aromatic rings. The molecule has 0 atom stereocenters. The van der Waals surface area contributed by atoms with Gasteiger partial charge in [-0.15, -0.1) is 0 Å². The Morgan fingerprint density at radius 2 is 1.56 bits per heavy atom. The Bertz CT molecular complexity index is 886. The molecule has 0 bridgehead atoms. The van der Waals surface area contributed by atoms with Gasteiger partial charge in [-0.05, 0) is 47.1 Å². The largest absolute Gasteiger partial charge is 0.434 e. The van der Waals surface area contributed by atoms with Crippen LogP contribution < -0.4 is 4.74 Å². The smallest absolute Gasteiger partial charge is 0.387 e. The molecule has 3 aromatic carbocycles. The van der Waals surface area contributed by atoms with Crippen LogP contribution in [0.15, 0.2) is 48.5 Å². The van der Waals surface area contributed by atoms with Gasteiger partial charge in [0, 0.05) is 10.9 Å². The monoisotopic (exact) mass is 344 g/mol. The fourth-order valence-electron chi connectivity index (χ4n) is 3.02. The summed E-state index contributed by atoms with van der Waals surface area (Å²) in [5.74, 6) is -0.593. The number of benzene rings is 3. The van der Waals surface area contributed by atoms with Crippen molar-refractivity contribution < 1.29 is 17.9 Å². The maximum atomic E-state index is 14.7. The lowest BCUT2D eigenvalue weighted by Crippen LogP contribution is -2.06. The maximum absolute atomic E-state index is 14.7. The summed E-state index contributed by atoms with van der Waals surface area (Å²) >= 11 is 0. The van der Waals surface area contributed by atoms with Gasteiger partial charge in [0.1, 0.15) is 11.6 Å². The third-order valence-electron chi connectivity index (χ3n) is 4.40. The molecule has 0 fully saturated rings. The van der Waals surface area contributed by atoms with Crippen LogP contribution in [-0.4, -0.2) is 6.61 Å². The molecule has 0 N–H and O–H groups in total. The van der Waals surface area contributed by atoms with Crippen LogP contribution in [0.4, 0.5) is 13.2 Å². The maximum Gasteiger partial charge on any atom is 0.387 e. The molecule has 0 aliphatic heterocycles. The molecule has 0 heterocycles. The summed E-state index contributed by atoms with van der Waals surface area (Å²) in [6, 6.07) is 14.9. The summed E-state index contributed by atoms with van der Waals surface area (Å²) in [5, 5.41) is 0.954. The average molecular weight is 344 g/mol. The second kappa shape index (κ2) is 7.18. The zero-order chi connectivity index (χ0) is 18.0. The molecular formula is C21H19F3O. The fourth-order valence-corrected chi connectivity index (χ4v) is 3.02. The number of halogens is 3. The van der Waals surface area contributed by atoms with Crippen molar-refractivity contribution in [1.29, 1.82) is 0 Å². The van der Waals surface area contributed by atoms with E-state index in [9.17, 15) is 13.2 Å².